The highest BCUT2D eigenvalue weighted by atomic mass is 16.5. The molecule has 1 aromatic rings. The third-order valence-corrected chi connectivity index (χ3v) is 2.99. The Kier molecular flexibility index (Phi) is 4.85. The molecule has 0 aliphatic carbocycles. The molecule has 17 heavy (non-hydrogen) atoms. The highest BCUT2D eigenvalue weighted by molar-refractivity contribution is 5.01. The highest BCUT2D eigenvalue weighted by Gasteiger charge is 2.18. The van der Waals surface area contributed by atoms with E-state index in [-0.39, 0.29) is 0 Å². The summed E-state index contributed by atoms with van der Waals surface area (Å²) in [6.45, 7) is 7.89. The van der Waals surface area contributed by atoms with Gasteiger partial charge in [0.2, 0.25) is 0 Å². The molecular formula is C12H20N4O. The molecule has 1 aromatic heterocycles. The molecule has 0 spiro atoms. The van der Waals surface area contributed by atoms with E-state index >= 15 is 0 Å². The van der Waals surface area contributed by atoms with Crippen LogP contribution in [0.3, 0.4) is 0 Å². The first-order valence-corrected chi connectivity index (χ1v) is 6.17. The van der Waals surface area contributed by atoms with Crippen LogP contribution < -0.4 is 5.32 Å². The van der Waals surface area contributed by atoms with E-state index in [1.165, 1.54) is 0 Å². The van der Waals surface area contributed by atoms with Crippen molar-refractivity contribution in [3.63, 3.8) is 0 Å². The van der Waals surface area contributed by atoms with Crippen molar-refractivity contribution < 1.29 is 4.74 Å². The van der Waals surface area contributed by atoms with Crippen LogP contribution in [0.2, 0.25) is 0 Å². The van der Waals surface area contributed by atoms with Gasteiger partial charge in [-0.25, -0.2) is 9.97 Å². The highest BCUT2D eigenvalue weighted by Crippen LogP contribution is 2.04. The molecule has 0 amide bonds. The van der Waals surface area contributed by atoms with Gasteiger partial charge in [0.25, 0.3) is 0 Å². The first kappa shape index (κ1) is 12.4. The lowest BCUT2D eigenvalue weighted by molar-refractivity contribution is -0.0253. The van der Waals surface area contributed by atoms with Crippen LogP contribution in [-0.4, -0.2) is 53.8 Å². The Morgan fingerprint density at radius 3 is 3.06 bits per heavy atom. The van der Waals surface area contributed by atoms with E-state index in [2.05, 4.69) is 27.1 Å². The van der Waals surface area contributed by atoms with Gasteiger partial charge in [0.05, 0.1) is 12.7 Å². The lowest BCUT2D eigenvalue weighted by atomic mass is 10.2. The van der Waals surface area contributed by atoms with Gasteiger partial charge in [-0.05, 0) is 6.54 Å². The summed E-state index contributed by atoms with van der Waals surface area (Å²) < 4.78 is 5.71. The van der Waals surface area contributed by atoms with Crippen molar-refractivity contribution in [1.29, 1.82) is 0 Å². The van der Waals surface area contributed by atoms with Crippen LogP contribution in [0, 0.1) is 0 Å². The predicted molar refractivity (Wildman–Crippen MR) is 65.6 cm³/mol. The minimum absolute atomic E-state index is 0.299. The molecule has 1 atom stereocenters. The average Bonchev–Trinajstić information content (AvgIpc) is 2.40. The zero-order valence-corrected chi connectivity index (χ0v) is 10.3. The third kappa shape index (κ3) is 4.03. The van der Waals surface area contributed by atoms with Crippen LogP contribution in [0.5, 0.6) is 0 Å². The number of hydrogen-bond donors (Lipinski definition) is 1. The number of rotatable bonds is 5. The van der Waals surface area contributed by atoms with Gasteiger partial charge in [-0.15, -0.1) is 0 Å². The Labute approximate surface area is 102 Å². The molecule has 0 saturated carbocycles. The number of aromatic nitrogens is 2. The molecule has 1 aliphatic rings. The molecule has 1 unspecified atom stereocenters. The zero-order valence-electron chi connectivity index (χ0n) is 10.3. The zero-order chi connectivity index (χ0) is 11.9. The molecule has 0 radical (unpaired) electrons. The number of likely N-dealkylation sites (N-methyl/N-ethyl adjacent to an activating group) is 1. The van der Waals surface area contributed by atoms with Gasteiger partial charge in [0, 0.05) is 44.1 Å². The normalized spacial score (nSPS) is 21.6. The first-order valence-electron chi connectivity index (χ1n) is 6.17. The maximum absolute atomic E-state index is 5.71. The Hall–Kier alpha value is -1.04. The van der Waals surface area contributed by atoms with Crippen LogP contribution in [0.1, 0.15) is 12.5 Å². The smallest absolute Gasteiger partial charge is 0.115 e. The van der Waals surface area contributed by atoms with Crippen molar-refractivity contribution in [3.8, 4) is 0 Å². The monoisotopic (exact) mass is 236 g/mol. The van der Waals surface area contributed by atoms with Crippen molar-refractivity contribution in [2.75, 3.05) is 32.8 Å². The van der Waals surface area contributed by atoms with Gasteiger partial charge < -0.3 is 10.1 Å². The van der Waals surface area contributed by atoms with Crippen LogP contribution >= 0.6 is 0 Å². The molecule has 94 valence electrons. The summed E-state index contributed by atoms with van der Waals surface area (Å²) in [6, 6.07) is 0. The summed E-state index contributed by atoms with van der Waals surface area (Å²) >= 11 is 0. The van der Waals surface area contributed by atoms with Crippen molar-refractivity contribution in [2.45, 2.75) is 19.6 Å². The van der Waals surface area contributed by atoms with Gasteiger partial charge in [-0.1, -0.05) is 6.92 Å². The van der Waals surface area contributed by atoms with E-state index in [0.717, 1.165) is 44.9 Å². The Morgan fingerprint density at radius 1 is 1.47 bits per heavy atom. The molecule has 1 N–H and O–H groups in total. The van der Waals surface area contributed by atoms with E-state index in [4.69, 9.17) is 4.74 Å². The molecule has 0 bridgehead atoms. The molecule has 2 rings (SSSR count). The number of nitrogens with zero attached hydrogens (tertiary/aromatic N) is 3. The molecule has 5 heteroatoms. The second kappa shape index (κ2) is 6.64. The van der Waals surface area contributed by atoms with Crippen molar-refractivity contribution in [1.82, 2.24) is 20.2 Å². The second-order valence-corrected chi connectivity index (χ2v) is 4.26. The fourth-order valence-electron chi connectivity index (χ4n) is 1.99. The SMILES string of the molecule is CCN1CCOC(CNCc2cncnc2)C1. The molecule has 2 heterocycles. The minimum Gasteiger partial charge on any atom is -0.374 e. The van der Waals surface area contributed by atoms with Gasteiger partial charge >= 0.3 is 0 Å². The second-order valence-electron chi connectivity index (χ2n) is 4.26. The minimum atomic E-state index is 0.299. The van der Waals surface area contributed by atoms with Crippen LogP contribution in [0.4, 0.5) is 0 Å². The van der Waals surface area contributed by atoms with E-state index < -0.39 is 0 Å². The summed E-state index contributed by atoms with van der Waals surface area (Å²) in [5.74, 6) is 0. The van der Waals surface area contributed by atoms with Gasteiger partial charge in [0.1, 0.15) is 6.33 Å². The number of nitrogens with one attached hydrogen (secondary N) is 1. The van der Waals surface area contributed by atoms with Crippen LogP contribution in [0.25, 0.3) is 0 Å². The number of hydrogen-bond acceptors (Lipinski definition) is 5. The largest absolute Gasteiger partial charge is 0.374 e. The quantitative estimate of drug-likeness (QED) is 0.796. The summed E-state index contributed by atoms with van der Waals surface area (Å²) in [5.41, 5.74) is 1.11. The molecule has 5 nitrogen and oxygen atoms in total. The number of morpholine rings is 1. The van der Waals surface area contributed by atoms with E-state index in [1.54, 1.807) is 6.33 Å². The third-order valence-electron chi connectivity index (χ3n) is 2.99. The van der Waals surface area contributed by atoms with E-state index in [1.807, 2.05) is 12.4 Å². The molecule has 1 fully saturated rings. The van der Waals surface area contributed by atoms with Crippen LogP contribution in [-0.2, 0) is 11.3 Å². The topological polar surface area (TPSA) is 50.3 Å². The molecule has 1 aliphatic heterocycles. The lowest BCUT2D eigenvalue weighted by Gasteiger charge is -2.32. The molecule has 1 saturated heterocycles. The summed E-state index contributed by atoms with van der Waals surface area (Å²) in [7, 11) is 0. The molecular weight excluding hydrogens is 216 g/mol. The van der Waals surface area contributed by atoms with Gasteiger partial charge in [-0.3, -0.25) is 4.90 Å². The maximum atomic E-state index is 5.71. The molecule has 0 aromatic carbocycles. The standard InChI is InChI=1S/C12H20N4O/c1-2-16-3-4-17-12(9-16)8-13-5-11-6-14-10-15-7-11/h6-7,10,12-13H,2-5,8-9H2,1H3. The van der Waals surface area contributed by atoms with E-state index in [9.17, 15) is 0 Å². The Bertz CT molecular complexity index is 320. The van der Waals surface area contributed by atoms with Crippen LogP contribution in [0.15, 0.2) is 18.7 Å². The fraction of sp³-hybridized carbons (Fsp3) is 0.667. The van der Waals surface area contributed by atoms with Gasteiger partial charge in [0.15, 0.2) is 0 Å². The first-order chi connectivity index (χ1) is 8.38. The summed E-state index contributed by atoms with van der Waals surface area (Å²) in [4.78, 5) is 10.4. The summed E-state index contributed by atoms with van der Waals surface area (Å²) in [5, 5.41) is 3.38. The van der Waals surface area contributed by atoms with E-state index in [0.29, 0.717) is 6.10 Å². The lowest BCUT2D eigenvalue weighted by Crippen LogP contribution is -2.46. The predicted octanol–water partition coefficient (Wildman–Crippen LogP) is 0.287. The van der Waals surface area contributed by atoms with Crippen molar-refractivity contribution in [3.05, 3.63) is 24.3 Å². The average molecular weight is 236 g/mol. The summed E-state index contributed by atoms with van der Waals surface area (Å²) in [6.07, 6.45) is 5.51. The van der Waals surface area contributed by atoms with Crippen molar-refractivity contribution >= 4 is 0 Å². The maximum Gasteiger partial charge on any atom is 0.115 e. The fourth-order valence-corrected chi connectivity index (χ4v) is 1.99. The number of ether oxygens (including phenoxy) is 1. The Balaban J connectivity index is 1.68. The van der Waals surface area contributed by atoms with Crippen molar-refractivity contribution in [2.24, 2.45) is 0 Å². The van der Waals surface area contributed by atoms with Gasteiger partial charge in [-0.2, -0.15) is 0 Å². The Morgan fingerprint density at radius 2 is 2.29 bits per heavy atom.